The zero-order valence-corrected chi connectivity index (χ0v) is 9.37. The number of carbonyl (C=O) groups excluding carboxylic acids is 2. The second-order valence-electron chi connectivity index (χ2n) is 3.34. The molecule has 1 aliphatic heterocycles. The Morgan fingerprint density at radius 2 is 2.38 bits per heavy atom. The Labute approximate surface area is 96.5 Å². The minimum Gasteiger partial charge on any atom is -0.464 e. The van der Waals surface area contributed by atoms with Gasteiger partial charge >= 0.3 is 5.97 Å². The molecule has 1 amide bonds. The molecule has 0 aliphatic carbocycles. The van der Waals surface area contributed by atoms with E-state index in [0.717, 1.165) is 6.42 Å². The molecule has 0 bridgehead atoms. The van der Waals surface area contributed by atoms with Gasteiger partial charge in [0.15, 0.2) is 5.69 Å². The molecule has 6 nitrogen and oxygen atoms in total. The van der Waals surface area contributed by atoms with Crippen molar-refractivity contribution < 1.29 is 14.3 Å². The Bertz CT molecular complexity index is 455. The molecule has 0 saturated heterocycles. The summed E-state index contributed by atoms with van der Waals surface area (Å²) in [6, 6.07) is 0. The van der Waals surface area contributed by atoms with Gasteiger partial charge in [-0.05, 0) is 6.42 Å². The van der Waals surface area contributed by atoms with Crippen molar-refractivity contribution in [2.45, 2.75) is 13.0 Å². The van der Waals surface area contributed by atoms with E-state index < -0.39 is 5.97 Å². The highest BCUT2D eigenvalue weighted by Gasteiger charge is 2.27. The van der Waals surface area contributed by atoms with Gasteiger partial charge in [-0.3, -0.25) is 9.48 Å². The fourth-order valence-corrected chi connectivity index (χ4v) is 1.86. The van der Waals surface area contributed by atoms with Crippen LogP contribution in [0.4, 0.5) is 0 Å². The van der Waals surface area contributed by atoms with Crippen molar-refractivity contribution >= 4 is 23.5 Å². The van der Waals surface area contributed by atoms with E-state index in [1.807, 2.05) is 0 Å². The number of aromatic nitrogens is 2. The molecule has 1 aromatic rings. The molecule has 16 heavy (non-hydrogen) atoms. The van der Waals surface area contributed by atoms with E-state index in [0.29, 0.717) is 13.1 Å². The number of aryl methyl sites for hydroxylation is 1. The second-order valence-corrected chi connectivity index (χ2v) is 3.71. The van der Waals surface area contributed by atoms with Crippen LogP contribution in [0.1, 0.15) is 27.4 Å². The number of methoxy groups -OCH3 is 1. The molecule has 86 valence electrons. The molecule has 0 spiro atoms. The van der Waals surface area contributed by atoms with Gasteiger partial charge in [-0.15, -0.1) is 0 Å². The highest BCUT2D eigenvalue weighted by Crippen LogP contribution is 2.22. The third-order valence-corrected chi connectivity index (χ3v) is 2.68. The van der Waals surface area contributed by atoms with E-state index in [4.69, 9.17) is 11.6 Å². The van der Waals surface area contributed by atoms with Crippen LogP contribution in [0.3, 0.4) is 0 Å². The fraction of sp³-hybridized carbons (Fsp3) is 0.444. The highest BCUT2D eigenvalue weighted by molar-refractivity contribution is 6.36. The average molecular weight is 244 g/mol. The molecule has 2 heterocycles. The van der Waals surface area contributed by atoms with Crippen molar-refractivity contribution in [1.82, 2.24) is 15.1 Å². The minimum absolute atomic E-state index is 0.0174. The lowest BCUT2D eigenvalue weighted by atomic mass is 10.3. The quantitative estimate of drug-likeness (QED) is 0.727. The molecule has 1 aromatic heterocycles. The maximum Gasteiger partial charge on any atom is 0.360 e. The molecule has 1 N–H and O–H groups in total. The predicted octanol–water partition coefficient (Wildman–Crippen LogP) is 0.457. The van der Waals surface area contributed by atoms with Crippen LogP contribution in [0.2, 0.25) is 5.02 Å². The second kappa shape index (κ2) is 4.13. The maximum absolute atomic E-state index is 11.6. The monoisotopic (exact) mass is 243 g/mol. The van der Waals surface area contributed by atoms with E-state index in [1.165, 1.54) is 11.8 Å². The summed E-state index contributed by atoms with van der Waals surface area (Å²) in [6.07, 6.45) is 0.747. The Balaban J connectivity index is 2.51. The van der Waals surface area contributed by atoms with Crippen LogP contribution in [-0.2, 0) is 11.3 Å². The van der Waals surface area contributed by atoms with Crippen molar-refractivity contribution in [2.24, 2.45) is 0 Å². The van der Waals surface area contributed by atoms with E-state index >= 15 is 0 Å². The molecule has 0 atom stereocenters. The van der Waals surface area contributed by atoms with E-state index in [9.17, 15) is 9.59 Å². The van der Waals surface area contributed by atoms with Gasteiger partial charge in [0, 0.05) is 13.1 Å². The summed E-state index contributed by atoms with van der Waals surface area (Å²) >= 11 is 5.94. The van der Waals surface area contributed by atoms with E-state index in [1.54, 1.807) is 0 Å². The first kappa shape index (κ1) is 10.9. The van der Waals surface area contributed by atoms with Gasteiger partial charge in [0.25, 0.3) is 5.91 Å². The Morgan fingerprint density at radius 1 is 1.62 bits per heavy atom. The molecule has 7 heteroatoms. The summed E-state index contributed by atoms with van der Waals surface area (Å²) in [5.74, 6) is -0.955. The zero-order chi connectivity index (χ0) is 11.7. The summed E-state index contributed by atoms with van der Waals surface area (Å²) < 4.78 is 5.97. The van der Waals surface area contributed by atoms with Crippen LogP contribution < -0.4 is 5.32 Å². The molecule has 2 rings (SSSR count). The molecular formula is C9H10ClN3O3. The Kier molecular flexibility index (Phi) is 2.82. The number of carbonyl (C=O) groups is 2. The standard InChI is InChI=1S/C9H10ClN3O3/c1-16-9(15)6-5(10)7-8(14)11-3-2-4-13(7)12-6/h2-4H2,1H3,(H,11,14). The van der Waals surface area contributed by atoms with Crippen molar-refractivity contribution in [1.29, 1.82) is 0 Å². The fourth-order valence-electron chi connectivity index (χ4n) is 1.56. The van der Waals surface area contributed by atoms with Gasteiger partial charge in [-0.25, -0.2) is 4.79 Å². The van der Waals surface area contributed by atoms with Gasteiger partial charge in [0.2, 0.25) is 0 Å². The van der Waals surface area contributed by atoms with Crippen molar-refractivity contribution in [3.63, 3.8) is 0 Å². The first-order valence-electron chi connectivity index (χ1n) is 4.78. The van der Waals surface area contributed by atoms with Crippen LogP contribution in [-0.4, -0.2) is 35.3 Å². The summed E-state index contributed by atoms with van der Waals surface area (Å²) in [5, 5.41) is 6.70. The zero-order valence-electron chi connectivity index (χ0n) is 8.62. The van der Waals surface area contributed by atoms with Gasteiger partial charge < -0.3 is 10.1 Å². The van der Waals surface area contributed by atoms with Gasteiger partial charge in [0.05, 0.1) is 7.11 Å². The molecule has 0 aromatic carbocycles. The number of hydrogen-bond acceptors (Lipinski definition) is 4. The molecule has 0 unspecified atom stereocenters. The number of halogens is 1. The first-order chi connectivity index (χ1) is 7.65. The summed E-state index contributed by atoms with van der Waals surface area (Å²) in [7, 11) is 1.24. The Morgan fingerprint density at radius 3 is 3.06 bits per heavy atom. The number of amides is 1. The van der Waals surface area contributed by atoms with Crippen molar-refractivity contribution in [3.05, 3.63) is 16.4 Å². The van der Waals surface area contributed by atoms with E-state index in [2.05, 4.69) is 15.2 Å². The summed E-state index contributed by atoms with van der Waals surface area (Å²) in [4.78, 5) is 23.0. The van der Waals surface area contributed by atoms with Gasteiger partial charge in [-0.1, -0.05) is 11.6 Å². The van der Waals surface area contributed by atoms with Gasteiger partial charge in [-0.2, -0.15) is 5.10 Å². The Hall–Kier alpha value is -1.56. The normalized spacial score (nSPS) is 15.0. The van der Waals surface area contributed by atoms with Crippen LogP contribution in [0, 0.1) is 0 Å². The average Bonchev–Trinajstić information content (AvgIpc) is 2.48. The maximum atomic E-state index is 11.6. The number of esters is 1. The SMILES string of the molecule is COC(=O)c1nn2c(c1Cl)C(=O)NCCC2. The first-order valence-corrected chi connectivity index (χ1v) is 5.15. The lowest BCUT2D eigenvalue weighted by molar-refractivity contribution is 0.0593. The number of nitrogens with zero attached hydrogens (tertiary/aromatic N) is 2. The summed E-state index contributed by atoms with van der Waals surface area (Å²) in [5.41, 5.74) is 0.204. The number of fused-ring (bicyclic) bond motifs is 1. The lowest BCUT2D eigenvalue weighted by Gasteiger charge is -1.99. The largest absolute Gasteiger partial charge is 0.464 e. The molecular weight excluding hydrogens is 234 g/mol. The highest BCUT2D eigenvalue weighted by atomic mass is 35.5. The number of ether oxygens (including phenoxy) is 1. The van der Waals surface area contributed by atoms with Crippen molar-refractivity contribution in [3.8, 4) is 0 Å². The summed E-state index contributed by atoms with van der Waals surface area (Å²) in [6.45, 7) is 1.12. The minimum atomic E-state index is -0.640. The molecule has 1 aliphatic rings. The van der Waals surface area contributed by atoms with Crippen LogP contribution >= 0.6 is 11.6 Å². The molecule has 0 fully saturated rings. The molecule has 0 radical (unpaired) electrons. The van der Waals surface area contributed by atoms with Crippen LogP contribution in [0.15, 0.2) is 0 Å². The molecule has 0 saturated carbocycles. The lowest BCUT2D eigenvalue weighted by Crippen LogP contribution is -2.23. The number of nitrogens with one attached hydrogen (secondary N) is 1. The topological polar surface area (TPSA) is 73.2 Å². The van der Waals surface area contributed by atoms with Crippen LogP contribution in [0.25, 0.3) is 0 Å². The predicted molar refractivity (Wildman–Crippen MR) is 55.5 cm³/mol. The van der Waals surface area contributed by atoms with Gasteiger partial charge in [0.1, 0.15) is 10.7 Å². The third kappa shape index (κ3) is 1.65. The number of rotatable bonds is 1. The number of hydrogen-bond donors (Lipinski definition) is 1. The smallest absolute Gasteiger partial charge is 0.360 e. The van der Waals surface area contributed by atoms with E-state index in [-0.39, 0.29) is 22.3 Å². The van der Waals surface area contributed by atoms with Crippen LogP contribution in [0.5, 0.6) is 0 Å². The third-order valence-electron chi connectivity index (χ3n) is 2.32. The van der Waals surface area contributed by atoms with Crippen molar-refractivity contribution in [2.75, 3.05) is 13.7 Å².